The van der Waals surface area contributed by atoms with Crippen molar-refractivity contribution in [3.8, 4) is 0 Å². The van der Waals surface area contributed by atoms with Gasteiger partial charge in [0.15, 0.2) is 0 Å². The van der Waals surface area contributed by atoms with Crippen LogP contribution >= 0.6 is 0 Å². The van der Waals surface area contributed by atoms with Crippen molar-refractivity contribution >= 4 is 0 Å². The predicted molar refractivity (Wildman–Crippen MR) is 79.3 cm³/mol. The lowest BCUT2D eigenvalue weighted by atomic mass is 9.82. The first kappa shape index (κ1) is 13.3. The Bertz CT molecular complexity index is 590. The van der Waals surface area contributed by atoms with Crippen LogP contribution in [0.25, 0.3) is 0 Å². The first-order chi connectivity index (χ1) is 9.73. The lowest BCUT2D eigenvalue weighted by molar-refractivity contribution is 0.381. The molecule has 0 amide bonds. The first-order valence-electron chi connectivity index (χ1n) is 7.47. The van der Waals surface area contributed by atoms with Crippen molar-refractivity contribution in [3.63, 3.8) is 0 Å². The van der Waals surface area contributed by atoms with E-state index in [0.717, 1.165) is 31.6 Å². The molecule has 0 spiro atoms. The maximum absolute atomic E-state index is 6.80. The van der Waals surface area contributed by atoms with Gasteiger partial charge in [0.05, 0.1) is 0 Å². The number of hydrogen-bond acceptors (Lipinski definition) is 3. The minimum atomic E-state index is -0.312. The minimum absolute atomic E-state index is 0.312. The van der Waals surface area contributed by atoms with Crippen molar-refractivity contribution in [1.82, 2.24) is 14.8 Å². The summed E-state index contributed by atoms with van der Waals surface area (Å²) in [6.07, 6.45) is 6.93. The topological polar surface area (TPSA) is 56.7 Å². The van der Waals surface area contributed by atoms with Crippen LogP contribution in [0.1, 0.15) is 43.1 Å². The summed E-state index contributed by atoms with van der Waals surface area (Å²) in [5, 5.41) is 4.26. The van der Waals surface area contributed by atoms with E-state index in [2.05, 4.69) is 41.3 Å². The van der Waals surface area contributed by atoms with Crippen molar-refractivity contribution < 1.29 is 0 Å². The highest BCUT2D eigenvalue weighted by atomic mass is 15.3. The molecule has 1 heterocycles. The largest absolute Gasteiger partial charge is 0.321 e. The molecule has 0 saturated carbocycles. The van der Waals surface area contributed by atoms with Crippen LogP contribution in [0.4, 0.5) is 0 Å². The molecule has 1 aromatic heterocycles. The van der Waals surface area contributed by atoms with Gasteiger partial charge in [0.2, 0.25) is 0 Å². The molecule has 0 fully saturated rings. The molecule has 3 rings (SSSR count). The summed E-state index contributed by atoms with van der Waals surface area (Å²) in [5.41, 5.74) is 9.18. The molecule has 106 valence electrons. The lowest BCUT2D eigenvalue weighted by Crippen LogP contribution is -2.40. The van der Waals surface area contributed by atoms with Gasteiger partial charge in [-0.05, 0) is 37.3 Å². The highest BCUT2D eigenvalue weighted by Crippen LogP contribution is 2.34. The zero-order valence-corrected chi connectivity index (χ0v) is 12.0. The Balaban J connectivity index is 1.98. The van der Waals surface area contributed by atoms with Gasteiger partial charge in [-0.3, -0.25) is 4.68 Å². The van der Waals surface area contributed by atoms with E-state index in [4.69, 9.17) is 5.73 Å². The number of nitrogens with zero attached hydrogens (tertiary/aromatic N) is 3. The summed E-state index contributed by atoms with van der Waals surface area (Å²) < 4.78 is 1.95. The molecule has 1 aromatic carbocycles. The molecule has 4 nitrogen and oxygen atoms in total. The highest BCUT2D eigenvalue weighted by molar-refractivity contribution is 5.35. The van der Waals surface area contributed by atoms with Gasteiger partial charge in [-0.25, -0.2) is 4.98 Å². The fourth-order valence-corrected chi connectivity index (χ4v) is 3.27. The monoisotopic (exact) mass is 270 g/mol. The van der Waals surface area contributed by atoms with Gasteiger partial charge < -0.3 is 5.73 Å². The second-order valence-corrected chi connectivity index (χ2v) is 5.69. The van der Waals surface area contributed by atoms with Gasteiger partial charge >= 0.3 is 0 Å². The number of nitrogens with two attached hydrogens (primary N) is 1. The van der Waals surface area contributed by atoms with Gasteiger partial charge in [0.25, 0.3) is 0 Å². The number of benzene rings is 1. The Kier molecular flexibility index (Phi) is 3.57. The minimum Gasteiger partial charge on any atom is -0.321 e. The smallest absolute Gasteiger partial charge is 0.138 e. The Morgan fingerprint density at radius 3 is 3.00 bits per heavy atom. The second-order valence-electron chi connectivity index (χ2n) is 5.69. The quantitative estimate of drug-likeness (QED) is 0.871. The molecule has 1 aliphatic rings. The van der Waals surface area contributed by atoms with Crippen LogP contribution in [0.3, 0.4) is 0 Å². The van der Waals surface area contributed by atoms with Crippen molar-refractivity contribution in [2.45, 2.75) is 51.1 Å². The fraction of sp³-hybridized carbons (Fsp3) is 0.500. The second kappa shape index (κ2) is 5.37. The predicted octanol–water partition coefficient (Wildman–Crippen LogP) is 2.42. The summed E-state index contributed by atoms with van der Waals surface area (Å²) in [4.78, 5) is 4.40. The first-order valence-corrected chi connectivity index (χ1v) is 7.47. The third-order valence-corrected chi connectivity index (χ3v) is 4.34. The van der Waals surface area contributed by atoms with Gasteiger partial charge in [-0.15, -0.1) is 0 Å². The molecular weight excluding hydrogens is 248 g/mol. The molecule has 2 N–H and O–H groups in total. The van der Waals surface area contributed by atoms with Gasteiger partial charge in [-0.1, -0.05) is 30.7 Å². The third-order valence-electron chi connectivity index (χ3n) is 4.34. The SMILES string of the molecule is CCn1ncnc1CC1(N)CCCCc2ccccc21. The third kappa shape index (κ3) is 2.36. The molecular formula is C16H22N4. The lowest BCUT2D eigenvalue weighted by Gasteiger charge is -2.30. The van der Waals surface area contributed by atoms with Crippen molar-refractivity contribution in [3.05, 3.63) is 47.5 Å². The molecule has 0 saturated heterocycles. The molecule has 0 radical (unpaired) electrons. The van der Waals surface area contributed by atoms with E-state index in [1.165, 1.54) is 24.0 Å². The molecule has 2 aromatic rings. The van der Waals surface area contributed by atoms with Gasteiger partial charge in [0.1, 0.15) is 12.2 Å². The number of aryl methyl sites for hydroxylation is 2. The van der Waals surface area contributed by atoms with Crippen LogP contribution in [0.5, 0.6) is 0 Å². The van der Waals surface area contributed by atoms with Crippen molar-refractivity contribution in [1.29, 1.82) is 0 Å². The van der Waals surface area contributed by atoms with E-state index in [1.54, 1.807) is 6.33 Å². The van der Waals surface area contributed by atoms with E-state index < -0.39 is 0 Å². The summed E-state index contributed by atoms with van der Waals surface area (Å²) >= 11 is 0. The standard InChI is InChI=1S/C16H22N4/c1-2-20-15(18-12-19-20)11-16(17)10-6-5-8-13-7-3-4-9-14(13)16/h3-4,7,9,12H,2,5-6,8,10-11,17H2,1H3. The summed E-state index contributed by atoms with van der Waals surface area (Å²) in [7, 11) is 0. The van der Waals surface area contributed by atoms with Crippen LogP contribution in [-0.4, -0.2) is 14.8 Å². The zero-order chi connectivity index (χ0) is 14.0. The van der Waals surface area contributed by atoms with Crippen molar-refractivity contribution in [2.24, 2.45) is 5.73 Å². The van der Waals surface area contributed by atoms with E-state index in [-0.39, 0.29) is 5.54 Å². The summed E-state index contributed by atoms with van der Waals surface area (Å²) in [5.74, 6) is 0.992. The van der Waals surface area contributed by atoms with Gasteiger partial charge in [0, 0.05) is 18.5 Å². The molecule has 1 atom stereocenters. The molecule has 0 aliphatic heterocycles. The molecule has 20 heavy (non-hydrogen) atoms. The van der Waals surface area contributed by atoms with Crippen LogP contribution < -0.4 is 5.73 Å². The normalized spacial score (nSPS) is 22.3. The van der Waals surface area contributed by atoms with Crippen LogP contribution in [0.2, 0.25) is 0 Å². The molecule has 0 bridgehead atoms. The van der Waals surface area contributed by atoms with Crippen LogP contribution in [-0.2, 0) is 24.9 Å². The molecule has 4 heteroatoms. The maximum atomic E-state index is 6.80. The Morgan fingerprint density at radius 1 is 1.30 bits per heavy atom. The number of rotatable bonds is 3. The van der Waals surface area contributed by atoms with E-state index >= 15 is 0 Å². The average molecular weight is 270 g/mol. The average Bonchev–Trinajstić information content (AvgIpc) is 2.83. The number of fused-ring (bicyclic) bond motifs is 1. The van der Waals surface area contributed by atoms with E-state index in [0.29, 0.717) is 0 Å². The zero-order valence-electron chi connectivity index (χ0n) is 12.0. The fourth-order valence-electron chi connectivity index (χ4n) is 3.27. The maximum Gasteiger partial charge on any atom is 0.138 e. The van der Waals surface area contributed by atoms with Crippen LogP contribution in [0.15, 0.2) is 30.6 Å². The Morgan fingerprint density at radius 2 is 2.15 bits per heavy atom. The number of aromatic nitrogens is 3. The van der Waals surface area contributed by atoms with Crippen molar-refractivity contribution in [2.75, 3.05) is 0 Å². The Hall–Kier alpha value is -1.68. The summed E-state index contributed by atoms with van der Waals surface area (Å²) in [6, 6.07) is 8.61. The molecule has 1 unspecified atom stereocenters. The van der Waals surface area contributed by atoms with E-state index in [9.17, 15) is 0 Å². The summed E-state index contributed by atoms with van der Waals surface area (Å²) in [6.45, 7) is 2.93. The number of hydrogen-bond donors (Lipinski definition) is 1. The van der Waals surface area contributed by atoms with Crippen LogP contribution in [0, 0.1) is 0 Å². The highest BCUT2D eigenvalue weighted by Gasteiger charge is 2.32. The van der Waals surface area contributed by atoms with E-state index in [1.807, 2.05) is 4.68 Å². The molecule has 1 aliphatic carbocycles. The Labute approximate surface area is 120 Å². The van der Waals surface area contributed by atoms with Gasteiger partial charge in [-0.2, -0.15) is 5.10 Å².